The zero-order valence-electron chi connectivity index (χ0n) is 12.9. The van der Waals surface area contributed by atoms with Crippen molar-refractivity contribution in [2.45, 2.75) is 25.7 Å². The Balaban J connectivity index is 0.000000595. The number of Topliss-reactive ketones (excluding diaryl/α,β-unsaturated/α-hetero) is 1. The van der Waals surface area contributed by atoms with Crippen LogP contribution in [0.25, 0.3) is 0 Å². The van der Waals surface area contributed by atoms with Crippen LogP contribution in [0.4, 0.5) is 5.00 Å². The second-order valence-electron chi connectivity index (χ2n) is 5.20. The van der Waals surface area contributed by atoms with Gasteiger partial charge in [-0.25, -0.2) is 0 Å². The molecular formula is C17H20N2O3S. The number of nitrogens with two attached hydrogens (primary N) is 2. The second kappa shape index (κ2) is 7.39. The normalized spacial score (nSPS) is 16.3. The predicted molar refractivity (Wildman–Crippen MR) is 91.8 cm³/mol. The van der Waals surface area contributed by atoms with Crippen LogP contribution in [-0.4, -0.2) is 23.4 Å². The lowest BCUT2D eigenvalue weighted by Gasteiger charge is -2.21. The van der Waals surface area contributed by atoms with Gasteiger partial charge in [-0.05, 0) is 30.9 Å². The van der Waals surface area contributed by atoms with E-state index < -0.39 is 5.91 Å². The van der Waals surface area contributed by atoms with E-state index in [1.807, 2.05) is 30.3 Å². The van der Waals surface area contributed by atoms with Gasteiger partial charge in [-0.3, -0.25) is 9.59 Å². The number of ketones is 1. The Morgan fingerprint density at radius 1 is 1.35 bits per heavy atom. The molecule has 1 aromatic heterocycles. The molecule has 0 saturated carbocycles. The second-order valence-corrected chi connectivity index (χ2v) is 6.25. The van der Waals surface area contributed by atoms with Crippen molar-refractivity contribution in [3.05, 3.63) is 51.9 Å². The molecule has 1 atom stereocenters. The number of nitrogen functional groups attached to an aromatic ring is 1. The third kappa shape index (κ3) is 3.43. The van der Waals surface area contributed by atoms with Crippen LogP contribution in [0, 0.1) is 0 Å². The van der Waals surface area contributed by atoms with Crippen LogP contribution in [0.3, 0.4) is 0 Å². The van der Waals surface area contributed by atoms with Crippen LogP contribution in [-0.2, 0) is 6.42 Å². The van der Waals surface area contributed by atoms with Crippen LogP contribution >= 0.6 is 11.3 Å². The summed E-state index contributed by atoms with van der Waals surface area (Å²) in [5.41, 5.74) is 13.3. The molecule has 1 aromatic carbocycles. The van der Waals surface area contributed by atoms with Gasteiger partial charge >= 0.3 is 0 Å². The van der Waals surface area contributed by atoms with Gasteiger partial charge < -0.3 is 16.6 Å². The number of carbonyl (C=O) groups is 2. The molecule has 0 spiro atoms. The minimum absolute atomic E-state index is 0.0432. The molecule has 3 rings (SSSR count). The number of thiophene rings is 1. The highest BCUT2D eigenvalue weighted by atomic mass is 32.1. The molecule has 5 N–H and O–H groups in total. The Bertz CT molecular complexity index is 710. The summed E-state index contributed by atoms with van der Waals surface area (Å²) in [6, 6.07) is 9.70. The standard InChI is InChI=1S/C15H14N2O2S.C2H6O/c16-14(19)11-10-7-6-9(8-4-2-1-3-5-8)12(18)13(10)20-15(11)17;1-2-3/h1-5,9H,6-7,17H2,(H2,16,19);3H,2H2,1H3. The van der Waals surface area contributed by atoms with Crippen molar-refractivity contribution in [3.8, 4) is 0 Å². The average molecular weight is 332 g/mol. The summed E-state index contributed by atoms with van der Waals surface area (Å²) >= 11 is 1.18. The number of rotatable bonds is 2. The van der Waals surface area contributed by atoms with E-state index in [-0.39, 0.29) is 18.3 Å². The monoisotopic (exact) mass is 332 g/mol. The van der Waals surface area contributed by atoms with Gasteiger partial charge in [-0.2, -0.15) is 0 Å². The number of hydrogen-bond acceptors (Lipinski definition) is 5. The number of primary amides is 1. The van der Waals surface area contributed by atoms with Crippen molar-refractivity contribution in [1.29, 1.82) is 0 Å². The zero-order valence-corrected chi connectivity index (χ0v) is 13.7. The van der Waals surface area contributed by atoms with E-state index in [0.29, 0.717) is 28.3 Å². The molecule has 0 radical (unpaired) electrons. The van der Waals surface area contributed by atoms with Crippen LogP contribution in [0.5, 0.6) is 0 Å². The van der Waals surface area contributed by atoms with Crippen molar-refractivity contribution in [3.63, 3.8) is 0 Å². The third-order valence-corrected chi connectivity index (χ3v) is 4.78. The molecule has 0 fully saturated rings. The van der Waals surface area contributed by atoms with E-state index in [9.17, 15) is 9.59 Å². The summed E-state index contributed by atoms with van der Waals surface area (Å²) in [6.45, 7) is 1.93. The highest BCUT2D eigenvalue weighted by Crippen LogP contribution is 2.40. The number of hydrogen-bond donors (Lipinski definition) is 3. The summed E-state index contributed by atoms with van der Waals surface area (Å²) in [5, 5.41) is 7.92. The smallest absolute Gasteiger partial charge is 0.251 e. The molecule has 1 aliphatic carbocycles. The van der Waals surface area contributed by atoms with Gasteiger partial charge in [0.05, 0.1) is 15.4 Å². The summed E-state index contributed by atoms with van der Waals surface area (Å²) in [6.07, 6.45) is 1.35. The van der Waals surface area contributed by atoms with Crippen LogP contribution in [0.15, 0.2) is 30.3 Å². The maximum atomic E-state index is 12.6. The Kier molecular flexibility index (Phi) is 5.52. The van der Waals surface area contributed by atoms with E-state index >= 15 is 0 Å². The van der Waals surface area contributed by atoms with Gasteiger partial charge in [0.15, 0.2) is 5.78 Å². The fraction of sp³-hybridized carbons (Fsp3) is 0.294. The van der Waals surface area contributed by atoms with Crippen molar-refractivity contribution in [2.75, 3.05) is 12.3 Å². The fourth-order valence-electron chi connectivity index (χ4n) is 2.77. The van der Waals surface area contributed by atoms with Crippen molar-refractivity contribution in [1.82, 2.24) is 0 Å². The molecule has 1 heterocycles. The molecule has 5 nitrogen and oxygen atoms in total. The number of carbonyl (C=O) groups excluding carboxylic acids is 2. The molecule has 0 bridgehead atoms. The topological polar surface area (TPSA) is 106 Å². The summed E-state index contributed by atoms with van der Waals surface area (Å²) < 4.78 is 0. The number of aliphatic hydroxyl groups excluding tert-OH is 1. The number of fused-ring (bicyclic) bond motifs is 1. The van der Waals surface area contributed by atoms with Crippen molar-refractivity contribution in [2.24, 2.45) is 5.73 Å². The molecule has 0 aliphatic heterocycles. The molecule has 1 amide bonds. The highest BCUT2D eigenvalue weighted by Gasteiger charge is 2.34. The fourth-order valence-corrected chi connectivity index (χ4v) is 3.89. The quantitative estimate of drug-likeness (QED) is 0.784. The number of aliphatic hydroxyl groups is 1. The van der Waals surface area contributed by atoms with E-state index in [0.717, 1.165) is 11.1 Å². The SMILES string of the molecule is CCO.NC(=O)c1c(N)sc2c1CCC(c1ccccc1)C2=O. The van der Waals surface area contributed by atoms with Crippen LogP contribution in [0.2, 0.25) is 0 Å². The predicted octanol–water partition coefficient (Wildman–Crippen LogP) is 2.34. The van der Waals surface area contributed by atoms with Gasteiger partial charge in [-0.1, -0.05) is 30.3 Å². The Morgan fingerprint density at radius 3 is 2.52 bits per heavy atom. The van der Waals surface area contributed by atoms with Gasteiger partial charge in [-0.15, -0.1) is 11.3 Å². The molecule has 2 aromatic rings. The van der Waals surface area contributed by atoms with Crippen molar-refractivity contribution < 1.29 is 14.7 Å². The number of amides is 1. The summed E-state index contributed by atoms with van der Waals surface area (Å²) in [7, 11) is 0. The molecule has 0 saturated heterocycles. The Morgan fingerprint density at radius 2 is 1.96 bits per heavy atom. The van der Waals surface area contributed by atoms with Gasteiger partial charge in [0.1, 0.15) is 0 Å². The van der Waals surface area contributed by atoms with Crippen LogP contribution in [0.1, 0.15) is 50.4 Å². The van der Waals surface area contributed by atoms with E-state index in [4.69, 9.17) is 16.6 Å². The minimum Gasteiger partial charge on any atom is -0.397 e. The molecule has 122 valence electrons. The van der Waals surface area contributed by atoms with E-state index in [2.05, 4.69) is 0 Å². The first-order valence-electron chi connectivity index (χ1n) is 7.42. The molecule has 1 unspecified atom stereocenters. The van der Waals surface area contributed by atoms with Crippen molar-refractivity contribution >= 4 is 28.0 Å². The Hall–Kier alpha value is -2.18. The molecule has 6 heteroatoms. The van der Waals surface area contributed by atoms with E-state index in [1.54, 1.807) is 6.92 Å². The Labute approximate surface area is 138 Å². The lowest BCUT2D eigenvalue weighted by atomic mass is 9.82. The van der Waals surface area contributed by atoms with Gasteiger partial charge in [0.25, 0.3) is 5.91 Å². The third-order valence-electron chi connectivity index (χ3n) is 3.71. The summed E-state index contributed by atoms with van der Waals surface area (Å²) in [5.74, 6) is -0.657. The first-order valence-corrected chi connectivity index (χ1v) is 8.23. The number of anilines is 1. The maximum absolute atomic E-state index is 12.6. The largest absolute Gasteiger partial charge is 0.397 e. The maximum Gasteiger partial charge on any atom is 0.251 e. The molecule has 1 aliphatic rings. The van der Waals surface area contributed by atoms with E-state index in [1.165, 1.54) is 11.3 Å². The highest BCUT2D eigenvalue weighted by molar-refractivity contribution is 7.18. The first kappa shape index (κ1) is 17.2. The average Bonchev–Trinajstić information content (AvgIpc) is 2.86. The first-order chi connectivity index (χ1) is 11.0. The summed E-state index contributed by atoms with van der Waals surface area (Å²) in [4.78, 5) is 24.7. The van der Waals surface area contributed by atoms with Crippen LogP contribution < -0.4 is 11.5 Å². The molecule has 23 heavy (non-hydrogen) atoms. The minimum atomic E-state index is -0.550. The number of benzene rings is 1. The zero-order chi connectivity index (χ0) is 17.0. The molecular weight excluding hydrogens is 312 g/mol. The van der Waals surface area contributed by atoms with Gasteiger partial charge in [0.2, 0.25) is 0 Å². The lowest BCUT2D eigenvalue weighted by molar-refractivity contribution is 0.0950. The lowest BCUT2D eigenvalue weighted by Crippen LogP contribution is -2.22. The van der Waals surface area contributed by atoms with Gasteiger partial charge in [0, 0.05) is 12.5 Å².